The van der Waals surface area contributed by atoms with Gasteiger partial charge in [0.15, 0.2) is 0 Å². The van der Waals surface area contributed by atoms with Crippen molar-refractivity contribution in [2.45, 2.75) is 39.5 Å². The van der Waals surface area contributed by atoms with Gasteiger partial charge in [0.25, 0.3) is 0 Å². The second-order valence-corrected chi connectivity index (χ2v) is 5.55. The van der Waals surface area contributed by atoms with Crippen molar-refractivity contribution in [3.8, 4) is 0 Å². The van der Waals surface area contributed by atoms with Gasteiger partial charge in [0.05, 0.1) is 12.5 Å². The fourth-order valence-electron chi connectivity index (χ4n) is 2.32. The van der Waals surface area contributed by atoms with E-state index >= 15 is 0 Å². The highest BCUT2D eigenvalue weighted by Crippen LogP contribution is 2.42. The van der Waals surface area contributed by atoms with Gasteiger partial charge in [-0.3, -0.25) is 4.79 Å². The average molecular weight is 227 g/mol. The summed E-state index contributed by atoms with van der Waals surface area (Å²) in [5.74, 6) is 0.702. The highest BCUT2D eigenvalue weighted by Gasteiger charge is 2.45. The lowest BCUT2D eigenvalue weighted by Crippen LogP contribution is -2.47. The summed E-state index contributed by atoms with van der Waals surface area (Å²) in [6.07, 6.45) is 4.33. The maximum absolute atomic E-state index is 11.7. The third-order valence-electron chi connectivity index (χ3n) is 3.59. The highest BCUT2D eigenvalue weighted by atomic mass is 16.5. The second-order valence-electron chi connectivity index (χ2n) is 5.55. The molecule has 0 spiro atoms. The monoisotopic (exact) mass is 227 g/mol. The van der Waals surface area contributed by atoms with Crippen LogP contribution in [0.15, 0.2) is 0 Å². The van der Waals surface area contributed by atoms with Crippen LogP contribution < -0.4 is 0 Å². The molecule has 3 heteroatoms. The minimum absolute atomic E-state index is 0.0184. The summed E-state index contributed by atoms with van der Waals surface area (Å²) >= 11 is 0. The minimum atomic E-state index is -0.194. The largest absolute Gasteiger partial charge is 0.469 e. The number of hydrogen-bond donors (Lipinski definition) is 0. The Morgan fingerprint density at radius 2 is 2.06 bits per heavy atom. The Kier molecular flexibility index (Phi) is 4.78. The first-order chi connectivity index (χ1) is 7.50. The average Bonchev–Trinajstić information content (AvgIpc) is 2.19. The van der Waals surface area contributed by atoms with Gasteiger partial charge >= 0.3 is 5.97 Å². The molecule has 0 N–H and O–H groups in total. The summed E-state index contributed by atoms with van der Waals surface area (Å²) in [7, 11) is 3.60. The van der Waals surface area contributed by atoms with E-state index in [1.807, 2.05) is 0 Å². The number of esters is 1. The second kappa shape index (κ2) is 5.67. The van der Waals surface area contributed by atoms with E-state index in [1.54, 1.807) is 0 Å². The number of rotatable bonds is 6. The van der Waals surface area contributed by atoms with Gasteiger partial charge in [0.2, 0.25) is 0 Å². The normalized spacial score (nSPS) is 18.6. The zero-order valence-electron chi connectivity index (χ0n) is 11.1. The third-order valence-corrected chi connectivity index (χ3v) is 3.59. The third kappa shape index (κ3) is 3.21. The number of methoxy groups -OCH3 is 1. The van der Waals surface area contributed by atoms with Gasteiger partial charge in [-0.25, -0.2) is 0 Å². The molecule has 94 valence electrons. The fourth-order valence-corrected chi connectivity index (χ4v) is 2.32. The molecule has 1 rings (SSSR count). The van der Waals surface area contributed by atoms with Crippen LogP contribution in [0.2, 0.25) is 0 Å². The lowest BCUT2D eigenvalue weighted by molar-refractivity contribution is -0.159. The number of hydrogen-bond acceptors (Lipinski definition) is 3. The van der Waals surface area contributed by atoms with Crippen LogP contribution in [-0.4, -0.2) is 38.1 Å². The van der Waals surface area contributed by atoms with Gasteiger partial charge in [0, 0.05) is 6.54 Å². The minimum Gasteiger partial charge on any atom is -0.469 e. The van der Waals surface area contributed by atoms with Crippen molar-refractivity contribution in [3.63, 3.8) is 0 Å². The van der Waals surface area contributed by atoms with Crippen LogP contribution in [0.3, 0.4) is 0 Å². The Labute approximate surface area is 99.1 Å². The smallest absolute Gasteiger partial charge is 0.313 e. The predicted molar refractivity (Wildman–Crippen MR) is 65.3 cm³/mol. The van der Waals surface area contributed by atoms with Crippen molar-refractivity contribution in [1.82, 2.24) is 4.90 Å². The van der Waals surface area contributed by atoms with Gasteiger partial charge in [0.1, 0.15) is 0 Å². The Morgan fingerprint density at radius 1 is 1.44 bits per heavy atom. The molecule has 1 aliphatic rings. The molecule has 0 saturated heterocycles. The summed E-state index contributed by atoms with van der Waals surface area (Å²) in [4.78, 5) is 14.0. The molecule has 0 unspecified atom stereocenters. The molecule has 1 saturated carbocycles. The summed E-state index contributed by atoms with van der Waals surface area (Å²) in [5, 5.41) is 0. The van der Waals surface area contributed by atoms with Crippen LogP contribution in [0.1, 0.15) is 39.5 Å². The molecule has 0 aliphatic heterocycles. The molecule has 0 atom stereocenters. The van der Waals surface area contributed by atoms with E-state index in [4.69, 9.17) is 4.74 Å². The van der Waals surface area contributed by atoms with Crippen LogP contribution >= 0.6 is 0 Å². The summed E-state index contributed by atoms with van der Waals surface area (Å²) in [5.41, 5.74) is -0.194. The van der Waals surface area contributed by atoms with Crippen molar-refractivity contribution in [3.05, 3.63) is 0 Å². The molecule has 3 nitrogen and oxygen atoms in total. The van der Waals surface area contributed by atoms with E-state index in [9.17, 15) is 4.79 Å². The summed E-state index contributed by atoms with van der Waals surface area (Å²) in [6.45, 7) is 6.38. The molecule has 0 bridgehead atoms. The zero-order chi connectivity index (χ0) is 12.2. The molecule has 0 heterocycles. The number of nitrogens with zero attached hydrogens (tertiary/aromatic N) is 1. The maximum atomic E-state index is 11.7. The van der Waals surface area contributed by atoms with E-state index in [-0.39, 0.29) is 11.4 Å². The molecule has 1 fully saturated rings. The molecular formula is C13H25NO2. The number of carbonyl (C=O) groups excluding carboxylic acids is 1. The van der Waals surface area contributed by atoms with Gasteiger partial charge in [-0.2, -0.15) is 0 Å². The van der Waals surface area contributed by atoms with Crippen LogP contribution in [0.25, 0.3) is 0 Å². The molecule has 0 aromatic rings. The lowest BCUT2D eigenvalue weighted by Gasteiger charge is -2.41. The van der Waals surface area contributed by atoms with Gasteiger partial charge < -0.3 is 9.64 Å². The number of carbonyl (C=O) groups is 1. The Morgan fingerprint density at radius 3 is 2.44 bits per heavy atom. The zero-order valence-corrected chi connectivity index (χ0v) is 11.1. The maximum Gasteiger partial charge on any atom is 0.313 e. The Hall–Kier alpha value is -0.570. The molecule has 0 aromatic carbocycles. The molecule has 0 radical (unpaired) electrons. The molecular weight excluding hydrogens is 202 g/mol. The van der Waals surface area contributed by atoms with Crippen molar-refractivity contribution >= 4 is 5.97 Å². The molecule has 0 aromatic heterocycles. The quantitative estimate of drug-likeness (QED) is 0.652. The van der Waals surface area contributed by atoms with Gasteiger partial charge in [-0.15, -0.1) is 0 Å². The van der Waals surface area contributed by atoms with Crippen LogP contribution in [0, 0.1) is 11.3 Å². The van der Waals surface area contributed by atoms with Crippen LogP contribution in [0.4, 0.5) is 0 Å². The van der Waals surface area contributed by atoms with E-state index < -0.39 is 0 Å². The highest BCUT2D eigenvalue weighted by molar-refractivity contribution is 5.78. The Bertz CT molecular complexity index is 234. The topological polar surface area (TPSA) is 29.5 Å². The van der Waals surface area contributed by atoms with E-state index in [0.29, 0.717) is 0 Å². The van der Waals surface area contributed by atoms with Crippen molar-refractivity contribution < 1.29 is 9.53 Å². The predicted octanol–water partition coefficient (Wildman–Crippen LogP) is 2.31. The molecule has 16 heavy (non-hydrogen) atoms. The van der Waals surface area contributed by atoms with E-state index in [1.165, 1.54) is 13.5 Å². The van der Waals surface area contributed by atoms with Gasteiger partial charge in [-0.05, 0) is 38.8 Å². The first kappa shape index (κ1) is 13.5. The Balaban J connectivity index is 2.41. The first-order valence-corrected chi connectivity index (χ1v) is 6.27. The van der Waals surface area contributed by atoms with Crippen molar-refractivity contribution in [2.75, 3.05) is 27.2 Å². The lowest BCUT2D eigenvalue weighted by atomic mass is 9.68. The number of ether oxygens (including phenoxy) is 1. The standard InChI is InChI=1S/C13H25NO2/c1-11(2)6-9-14(3)10-13(7-5-8-13)12(15)16-4/h11H,5-10H2,1-4H3. The van der Waals surface area contributed by atoms with Crippen molar-refractivity contribution in [2.24, 2.45) is 11.3 Å². The van der Waals surface area contributed by atoms with E-state index in [2.05, 4.69) is 25.8 Å². The van der Waals surface area contributed by atoms with Crippen molar-refractivity contribution in [1.29, 1.82) is 0 Å². The SMILES string of the molecule is COC(=O)C1(CN(C)CCC(C)C)CCC1. The van der Waals surface area contributed by atoms with Crippen LogP contribution in [0.5, 0.6) is 0 Å². The van der Waals surface area contributed by atoms with Crippen LogP contribution in [-0.2, 0) is 9.53 Å². The summed E-state index contributed by atoms with van der Waals surface area (Å²) in [6, 6.07) is 0. The fraction of sp³-hybridized carbons (Fsp3) is 0.923. The first-order valence-electron chi connectivity index (χ1n) is 6.27. The summed E-state index contributed by atoms with van der Waals surface area (Å²) < 4.78 is 4.92. The molecule has 0 amide bonds. The molecule has 1 aliphatic carbocycles. The van der Waals surface area contributed by atoms with Gasteiger partial charge in [-0.1, -0.05) is 20.3 Å². The van der Waals surface area contributed by atoms with E-state index in [0.717, 1.165) is 38.3 Å².